The molecule has 2 atom stereocenters. The molecule has 3 aromatic rings. The predicted octanol–water partition coefficient (Wildman–Crippen LogP) is 4.01. The van der Waals surface area contributed by atoms with Crippen LogP contribution in [-0.4, -0.2) is 46.4 Å². The number of nitrogens with one attached hydrogen (secondary N) is 2. The molecule has 8 nitrogen and oxygen atoms in total. The minimum Gasteiger partial charge on any atom is -0.497 e. The van der Waals surface area contributed by atoms with E-state index in [0.29, 0.717) is 23.8 Å². The van der Waals surface area contributed by atoms with Crippen LogP contribution in [0.25, 0.3) is 11.0 Å². The van der Waals surface area contributed by atoms with E-state index in [9.17, 15) is 5.11 Å². The van der Waals surface area contributed by atoms with Crippen LogP contribution in [-0.2, 0) is 6.54 Å². The highest BCUT2D eigenvalue weighted by molar-refractivity contribution is 5.86. The van der Waals surface area contributed by atoms with E-state index < -0.39 is 6.10 Å². The van der Waals surface area contributed by atoms with Crippen molar-refractivity contribution in [3.8, 4) is 11.5 Å². The molecule has 0 aliphatic carbocycles. The predicted molar refractivity (Wildman–Crippen MR) is 123 cm³/mol. The minimum atomic E-state index is -0.514. The number of aliphatic hydroxyl groups is 1. The molecule has 8 heteroatoms. The van der Waals surface area contributed by atoms with E-state index in [4.69, 9.17) is 9.47 Å². The van der Waals surface area contributed by atoms with Gasteiger partial charge in [-0.15, -0.1) is 0 Å². The SMILES string of the molecule is CCCCC(Nc1nc(NCc2ccc(OC)cc2OC)nc2cccnc12)C(C)O. The summed E-state index contributed by atoms with van der Waals surface area (Å²) in [5.41, 5.74) is 2.36. The van der Waals surface area contributed by atoms with Gasteiger partial charge in [0.1, 0.15) is 17.0 Å². The van der Waals surface area contributed by atoms with Crippen molar-refractivity contribution in [2.45, 2.75) is 51.8 Å². The summed E-state index contributed by atoms with van der Waals surface area (Å²) < 4.78 is 10.7. The summed E-state index contributed by atoms with van der Waals surface area (Å²) in [6.07, 6.45) is 4.12. The number of aliphatic hydroxyl groups excluding tert-OH is 1. The Bertz CT molecular complexity index is 996. The molecular weight excluding hydrogens is 394 g/mol. The van der Waals surface area contributed by atoms with E-state index in [1.807, 2.05) is 30.3 Å². The summed E-state index contributed by atoms with van der Waals surface area (Å²) in [7, 11) is 3.25. The molecule has 0 aliphatic heterocycles. The van der Waals surface area contributed by atoms with Gasteiger partial charge in [-0.2, -0.15) is 4.98 Å². The smallest absolute Gasteiger partial charge is 0.225 e. The third-order valence-corrected chi connectivity index (χ3v) is 5.16. The summed E-state index contributed by atoms with van der Waals surface area (Å²) in [6.45, 7) is 4.41. The largest absolute Gasteiger partial charge is 0.497 e. The van der Waals surface area contributed by atoms with E-state index in [0.717, 1.165) is 41.8 Å². The summed E-state index contributed by atoms with van der Waals surface area (Å²) in [6, 6.07) is 9.31. The van der Waals surface area contributed by atoms with E-state index in [-0.39, 0.29) is 6.04 Å². The fourth-order valence-electron chi connectivity index (χ4n) is 3.35. The monoisotopic (exact) mass is 425 g/mol. The zero-order valence-corrected chi connectivity index (χ0v) is 18.6. The molecule has 0 saturated carbocycles. The van der Waals surface area contributed by atoms with Crippen molar-refractivity contribution in [1.82, 2.24) is 15.0 Å². The van der Waals surface area contributed by atoms with Crippen molar-refractivity contribution in [2.24, 2.45) is 0 Å². The topological polar surface area (TPSA) is 101 Å². The Labute approximate surface area is 183 Å². The number of anilines is 2. The molecule has 0 amide bonds. The molecule has 2 unspecified atom stereocenters. The zero-order valence-electron chi connectivity index (χ0n) is 18.6. The van der Waals surface area contributed by atoms with Gasteiger partial charge < -0.3 is 25.2 Å². The maximum absolute atomic E-state index is 10.2. The lowest BCUT2D eigenvalue weighted by Gasteiger charge is -2.22. The van der Waals surface area contributed by atoms with Crippen LogP contribution in [0.1, 0.15) is 38.7 Å². The summed E-state index contributed by atoms with van der Waals surface area (Å²) in [5.74, 6) is 2.54. The third kappa shape index (κ3) is 5.73. The number of nitrogens with zero attached hydrogens (tertiary/aromatic N) is 3. The number of ether oxygens (including phenoxy) is 2. The molecule has 3 rings (SSSR count). The fraction of sp³-hybridized carbons (Fsp3) is 0.435. The first-order valence-electron chi connectivity index (χ1n) is 10.6. The molecule has 0 bridgehead atoms. The number of methoxy groups -OCH3 is 2. The second-order valence-corrected chi connectivity index (χ2v) is 7.43. The van der Waals surface area contributed by atoms with Gasteiger partial charge in [-0.1, -0.05) is 19.8 Å². The van der Waals surface area contributed by atoms with Crippen molar-refractivity contribution in [1.29, 1.82) is 0 Å². The quantitative estimate of drug-likeness (QED) is 0.424. The molecular formula is C23H31N5O3. The van der Waals surface area contributed by atoms with Gasteiger partial charge >= 0.3 is 0 Å². The van der Waals surface area contributed by atoms with Gasteiger partial charge in [-0.25, -0.2) is 4.98 Å². The normalized spacial score (nSPS) is 12.9. The molecule has 0 aliphatic rings. The average Bonchev–Trinajstić information content (AvgIpc) is 2.79. The van der Waals surface area contributed by atoms with Crippen LogP contribution in [0, 0.1) is 0 Å². The van der Waals surface area contributed by atoms with Gasteiger partial charge in [0.25, 0.3) is 0 Å². The van der Waals surface area contributed by atoms with Crippen LogP contribution in [0.3, 0.4) is 0 Å². The van der Waals surface area contributed by atoms with E-state index in [1.165, 1.54) is 0 Å². The number of pyridine rings is 1. The Hall–Kier alpha value is -3.13. The number of unbranched alkanes of at least 4 members (excludes halogenated alkanes) is 1. The molecule has 2 aromatic heterocycles. The van der Waals surface area contributed by atoms with Gasteiger partial charge in [-0.05, 0) is 37.6 Å². The van der Waals surface area contributed by atoms with Crippen LogP contribution < -0.4 is 20.1 Å². The third-order valence-electron chi connectivity index (χ3n) is 5.16. The maximum Gasteiger partial charge on any atom is 0.225 e. The number of benzene rings is 1. The Morgan fingerprint density at radius 2 is 1.97 bits per heavy atom. The van der Waals surface area contributed by atoms with Crippen molar-refractivity contribution in [3.05, 3.63) is 42.1 Å². The van der Waals surface area contributed by atoms with Gasteiger partial charge in [-0.3, -0.25) is 4.98 Å². The molecule has 1 aromatic carbocycles. The summed E-state index contributed by atoms with van der Waals surface area (Å²) >= 11 is 0. The highest BCUT2D eigenvalue weighted by atomic mass is 16.5. The van der Waals surface area contributed by atoms with Gasteiger partial charge in [0.05, 0.1) is 31.9 Å². The van der Waals surface area contributed by atoms with Gasteiger partial charge in [0.2, 0.25) is 5.95 Å². The van der Waals surface area contributed by atoms with Crippen LogP contribution in [0.2, 0.25) is 0 Å². The Balaban J connectivity index is 1.86. The van der Waals surface area contributed by atoms with Crippen LogP contribution in [0.15, 0.2) is 36.5 Å². The minimum absolute atomic E-state index is 0.116. The van der Waals surface area contributed by atoms with Crippen molar-refractivity contribution in [3.63, 3.8) is 0 Å². The second-order valence-electron chi connectivity index (χ2n) is 7.43. The molecule has 0 saturated heterocycles. The van der Waals surface area contributed by atoms with Crippen molar-refractivity contribution in [2.75, 3.05) is 24.9 Å². The first kappa shape index (κ1) is 22.6. The Kier molecular flexibility index (Phi) is 7.83. The highest BCUT2D eigenvalue weighted by Crippen LogP contribution is 2.26. The molecule has 0 spiro atoms. The lowest BCUT2D eigenvalue weighted by atomic mass is 10.1. The van der Waals surface area contributed by atoms with E-state index in [2.05, 4.69) is 32.5 Å². The Morgan fingerprint density at radius 1 is 1.13 bits per heavy atom. The summed E-state index contributed by atoms with van der Waals surface area (Å²) in [4.78, 5) is 13.7. The molecule has 3 N–H and O–H groups in total. The summed E-state index contributed by atoms with van der Waals surface area (Å²) in [5, 5.41) is 16.9. The van der Waals surface area contributed by atoms with Gasteiger partial charge in [0, 0.05) is 24.4 Å². The second kappa shape index (κ2) is 10.8. The number of rotatable bonds is 11. The lowest BCUT2D eigenvalue weighted by Crippen LogP contribution is -2.32. The molecule has 0 radical (unpaired) electrons. The Morgan fingerprint density at radius 3 is 2.68 bits per heavy atom. The van der Waals surface area contributed by atoms with E-state index in [1.54, 1.807) is 27.3 Å². The molecule has 2 heterocycles. The average molecular weight is 426 g/mol. The van der Waals surface area contributed by atoms with Crippen LogP contribution in [0.5, 0.6) is 11.5 Å². The molecule has 31 heavy (non-hydrogen) atoms. The number of aromatic nitrogens is 3. The fourth-order valence-corrected chi connectivity index (χ4v) is 3.35. The van der Waals surface area contributed by atoms with Crippen LogP contribution >= 0.6 is 0 Å². The standard InChI is InChI=1S/C23H31N5O3/c1-5-6-8-18(15(2)29)26-22-21-19(9-7-12-24-21)27-23(28-22)25-14-16-10-11-17(30-3)13-20(16)31-4/h7,9-13,15,18,29H,5-6,8,14H2,1-4H3,(H2,25,26,27,28). The van der Waals surface area contributed by atoms with E-state index >= 15 is 0 Å². The lowest BCUT2D eigenvalue weighted by molar-refractivity contribution is 0.166. The number of fused-ring (bicyclic) bond motifs is 1. The molecule has 0 fully saturated rings. The highest BCUT2D eigenvalue weighted by Gasteiger charge is 2.18. The number of hydrogen-bond donors (Lipinski definition) is 3. The number of hydrogen-bond acceptors (Lipinski definition) is 8. The van der Waals surface area contributed by atoms with Crippen LogP contribution in [0.4, 0.5) is 11.8 Å². The van der Waals surface area contributed by atoms with Crippen molar-refractivity contribution >= 4 is 22.8 Å². The first-order chi connectivity index (χ1) is 15.0. The zero-order chi connectivity index (χ0) is 22.2. The molecule has 166 valence electrons. The van der Waals surface area contributed by atoms with Crippen molar-refractivity contribution < 1.29 is 14.6 Å². The first-order valence-corrected chi connectivity index (χ1v) is 10.6. The van der Waals surface area contributed by atoms with Gasteiger partial charge in [0.15, 0.2) is 5.82 Å². The maximum atomic E-state index is 10.2.